The highest BCUT2D eigenvalue weighted by Crippen LogP contribution is 2.00. The standard InChI is InChI=1S/C12H18N2S/c1-3-13-12(15)14(2)10-9-11-7-5-4-6-8-11/h4-8H,3,9-10H2,1-2H3,(H,13,15). The minimum atomic E-state index is 0.827. The molecule has 0 saturated carbocycles. The van der Waals surface area contributed by atoms with Crippen LogP contribution in [0.25, 0.3) is 0 Å². The summed E-state index contributed by atoms with van der Waals surface area (Å²) in [4.78, 5) is 2.08. The van der Waals surface area contributed by atoms with E-state index in [1.165, 1.54) is 5.56 Å². The zero-order valence-electron chi connectivity index (χ0n) is 9.36. The van der Waals surface area contributed by atoms with E-state index in [0.29, 0.717) is 0 Å². The van der Waals surface area contributed by atoms with Crippen molar-refractivity contribution in [3.8, 4) is 0 Å². The molecule has 0 spiro atoms. The van der Waals surface area contributed by atoms with Crippen LogP contribution in [0.5, 0.6) is 0 Å². The quantitative estimate of drug-likeness (QED) is 0.785. The molecule has 1 N–H and O–H groups in total. The van der Waals surface area contributed by atoms with Gasteiger partial charge in [-0.3, -0.25) is 0 Å². The number of likely N-dealkylation sites (N-methyl/N-ethyl adjacent to an activating group) is 1. The first kappa shape index (κ1) is 12.0. The van der Waals surface area contributed by atoms with Gasteiger partial charge in [-0.25, -0.2) is 0 Å². The Hall–Kier alpha value is -1.09. The first-order valence-electron chi connectivity index (χ1n) is 5.27. The average molecular weight is 222 g/mol. The van der Waals surface area contributed by atoms with Crippen molar-refractivity contribution in [1.82, 2.24) is 10.2 Å². The number of nitrogens with one attached hydrogen (secondary N) is 1. The van der Waals surface area contributed by atoms with Crippen LogP contribution >= 0.6 is 12.2 Å². The maximum absolute atomic E-state index is 5.21. The molecule has 1 rings (SSSR count). The number of hydrogen-bond acceptors (Lipinski definition) is 1. The topological polar surface area (TPSA) is 15.3 Å². The Labute approximate surface area is 97.3 Å². The lowest BCUT2D eigenvalue weighted by Crippen LogP contribution is -2.37. The zero-order valence-corrected chi connectivity index (χ0v) is 10.2. The van der Waals surface area contributed by atoms with Gasteiger partial charge in [0.05, 0.1) is 0 Å². The van der Waals surface area contributed by atoms with Crippen LogP contribution in [0.4, 0.5) is 0 Å². The van der Waals surface area contributed by atoms with Gasteiger partial charge in [0.15, 0.2) is 5.11 Å². The molecule has 1 aromatic carbocycles. The normalized spacial score (nSPS) is 9.73. The molecule has 1 aromatic rings. The molecule has 3 heteroatoms. The maximum atomic E-state index is 5.21. The Bertz CT molecular complexity index is 298. The van der Waals surface area contributed by atoms with Crippen LogP contribution in [0.15, 0.2) is 30.3 Å². The molecule has 0 bridgehead atoms. The third-order valence-corrected chi connectivity index (χ3v) is 2.71. The van der Waals surface area contributed by atoms with Gasteiger partial charge in [-0.15, -0.1) is 0 Å². The molecule has 0 aromatic heterocycles. The number of thiocarbonyl (C=S) groups is 1. The summed E-state index contributed by atoms with van der Waals surface area (Å²) < 4.78 is 0. The molecule has 0 aliphatic heterocycles. The first-order valence-corrected chi connectivity index (χ1v) is 5.67. The minimum Gasteiger partial charge on any atom is -0.363 e. The van der Waals surface area contributed by atoms with E-state index in [0.717, 1.165) is 24.6 Å². The van der Waals surface area contributed by atoms with Crippen LogP contribution in [0.2, 0.25) is 0 Å². The fourth-order valence-corrected chi connectivity index (χ4v) is 1.56. The lowest BCUT2D eigenvalue weighted by molar-refractivity contribution is 0.499. The molecule has 0 amide bonds. The van der Waals surface area contributed by atoms with Gasteiger partial charge in [-0.2, -0.15) is 0 Å². The van der Waals surface area contributed by atoms with Gasteiger partial charge in [0.25, 0.3) is 0 Å². The molecule has 15 heavy (non-hydrogen) atoms. The highest BCUT2D eigenvalue weighted by Gasteiger charge is 2.02. The van der Waals surface area contributed by atoms with Crippen molar-refractivity contribution in [3.05, 3.63) is 35.9 Å². The molecule has 0 saturated heterocycles. The molecule has 0 atom stereocenters. The van der Waals surface area contributed by atoms with E-state index in [1.807, 2.05) is 13.1 Å². The van der Waals surface area contributed by atoms with Crippen LogP contribution in [-0.4, -0.2) is 30.1 Å². The number of benzene rings is 1. The SMILES string of the molecule is CCNC(=S)N(C)CCc1ccccc1. The van der Waals surface area contributed by atoms with Crippen molar-refractivity contribution in [1.29, 1.82) is 0 Å². The van der Waals surface area contributed by atoms with Crippen molar-refractivity contribution in [2.45, 2.75) is 13.3 Å². The van der Waals surface area contributed by atoms with E-state index in [9.17, 15) is 0 Å². The second kappa shape index (κ2) is 6.40. The summed E-state index contributed by atoms with van der Waals surface area (Å²) in [5.41, 5.74) is 1.35. The second-order valence-corrected chi connectivity index (χ2v) is 3.88. The van der Waals surface area contributed by atoms with Gasteiger partial charge in [-0.1, -0.05) is 30.3 Å². The highest BCUT2D eigenvalue weighted by atomic mass is 32.1. The summed E-state index contributed by atoms with van der Waals surface area (Å²) >= 11 is 5.21. The molecule has 0 aliphatic rings. The Kier molecular flexibility index (Phi) is 5.12. The molecule has 0 heterocycles. The third-order valence-electron chi connectivity index (χ3n) is 2.25. The monoisotopic (exact) mass is 222 g/mol. The van der Waals surface area contributed by atoms with Gasteiger partial charge < -0.3 is 10.2 Å². The predicted octanol–water partition coefficient (Wildman–Crippen LogP) is 2.06. The van der Waals surface area contributed by atoms with Crippen molar-refractivity contribution in [2.75, 3.05) is 20.1 Å². The van der Waals surface area contributed by atoms with Crippen molar-refractivity contribution >= 4 is 17.3 Å². The van der Waals surface area contributed by atoms with Crippen LogP contribution in [-0.2, 0) is 6.42 Å². The van der Waals surface area contributed by atoms with Crippen LogP contribution in [0, 0.1) is 0 Å². The fourth-order valence-electron chi connectivity index (χ4n) is 1.33. The van der Waals surface area contributed by atoms with E-state index < -0.39 is 0 Å². The van der Waals surface area contributed by atoms with E-state index in [4.69, 9.17) is 12.2 Å². The van der Waals surface area contributed by atoms with Crippen molar-refractivity contribution in [3.63, 3.8) is 0 Å². The molecule has 82 valence electrons. The summed E-state index contributed by atoms with van der Waals surface area (Å²) in [6.07, 6.45) is 1.03. The smallest absolute Gasteiger partial charge is 0.168 e. The second-order valence-electron chi connectivity index (χ2n) is 3.49. The molecule has 0 aliphatic carbocycles. The molecule has 2 nitrogen and oxygen atoms in total. The van der Waals surface area contributed by atoms with Gasteiger partial charge in [0, 0.05) is 20.1 Å². The molecular weight excluding hydrogens is 204 g/mol. The Morgan fingerprint density at radius 2 is 2.00 bits per heavy atom. The molecular formula is C12H18N2S. The fraction of sp³-hybridized carbons (Fsp3) is 0.417. The maximum Gasteiger partial charge on any atom is 0.168 e. The summed E-state index contributed by atoms with van der Waals surface area (Å²) in [7, 11) is 2.02. The Morgan fingerprint density at radius 1 is 1.33 bits per heavy atom. The van der Waals surface area contributed by atoms with E-state index in [1.54, 1.807) is 0 Å². The Balaban J connectivity index is 2.34. The average Bonchev–Trinajstić information content (AvgIpc) is 2.27. The first-order chi connectivity index (χ1) is 7.24. The van der Waals surface area contributed by atoms with Gasteiger partial charge >= 0.3 is 0 Å². The molecule has 0 radical (unpaired) electrons. The molecule has 0 fully saturated rings. The number of rotatable bonds is 4. The highest BCUT2D eigenvalue weighted by molar-refractivity contribution is 7.80. The minimum absolute atomic E-state index is 0.827. The van der Waals surface area contributed by atoms with Gasteiger partial charge in [0.1, 0.15) is 0 Å². The summed E-state index contributed by atoms with van der Waals surface area (Å²) in [6, 6.07) is 10.5. The third kappa shape index (κ3) is 4.30. The van der Waals surface area contributed by atoms with Crippen LogP contribution in [0.3, 0.4) is 0 Å². The van der Waals surface area contributed by atoms with Crippen molar-refractivity contribution in [2.24, 2.45) is 0 Å². The van der Waals surface area contributed by atoms with Gasteiger partial charge in [-0.05, 0) is 31.1 Å². The van der Waals surface area contributed by atoms with Gasteiger partial charge in [0.2, 0.25) is 0 Å². The lowest BCUT2D eigenvalue weighted by atomic mass is 10.1. The summed E-state index contributed by atoms with van der Waals surface area (Å²) in [5, 5.41) is 3.97. The van der Waals surface area contributed by atoms with E-state index in [-0.39, 0.29) is 0 Å². The van der Waals surface area contributed by atoms with E-state index in [2.05, 4.69) is 41.4 Å². The van der Waals surface area contributed by atoms with Crippen LogP contribution < -0.4 is 5.32 Å². The summed E-state index contributed by atoms with van der Waals surface area (Å²) in [5.74, 6) is 0. The van der Waals surface area contributed by atoms with Crippen molar-refractivity contribution < 1.29 is 0 Å². The number of hydrogen-bond donors (Lipinski definition) is 1. The van der Waals surface area contributed by atoms with Crippen LogP contribution in [0.1, 0.15) is 12.5 Å². The summed E-state index contributed by atoms with van der Waals surface area (Å²) in [6.45, 7) is 3.89. The molecule has 0 unspecified atom stereocenters. The van der Waals surface area contributed by atoms with E-state index >= 15 is 0 Å². The lowest BCUT2D eigenvalue weighted by Gasteiger charge is -2.20. The number of nitrogens with zero attached hydrogens (tertiary/aromatic N) is 1. The largest absolute Gasteiger partial charge is 0.363 e. The zero-order chi connectivity index (χ0) is 11.1. The Morgan fingerprint density at radius 3 is 2.60 bits per heavy atom. The predicted molar refractivity (Wildman–Crippen MR) is 69.1 cm³/mol.